The van der Waals surface area contributed by atoms with E-state index in [9.17, 15) is 4.79 Å². The summed E-state index contributed by atoms with van der Waals surface area (Å²) in [5, 5.41) is 10.3. The molecular weight excluding hydrogens is 284 g/mol. The summed E-state index contributed by atoms with van der Waals surface area (Å²) in [6.07, 6.45) is 0. The zero-order valence-corrected chi connectivity index (χ0v) is 13.5. The molecule has 1 heterocycles. The molecule has 0 aliphatic rings. The number of rotatable bonds is 4. The third kappa shape index (κ3) is 4.60. The summed E-state index contributed by atoms with van der Waals surface area (Å²) < 4.78 is 0. The molecule has 5 nitrogen and oxygen atoms in total. The van der Waals surface area contributed by atoms with Crippen LogP contribution in [0.2, 0.25) is 0 Å². The summed E-state index contributed by atoms with van der Waals surface area (Å²) in [4.78, 5) is 16.5. The molecule has 1 aromatic carbocycles. The topological polar surface area (TPSA) is 70.7 Å². The molecule has 112 valence electrons. The molecule has 0 saturated carbocycles. The van der Waals surface area contributed by atoms with E-state index in [1.54, 1.807) is 0 Å². The van der Waals surface area contributed by atoms with Crippen LogP contribution in [0.3, 0.4) is 0 Å². The average Bonchev–Trinajstić information content (AvgIpc) is 2.86. The fourth-order valence-electron chi connectivity index (χ4n) is 1.71. The van der Waals surface area contributed by atoms with Crippen LogP contribution in [0, 0.1) is 0 Å². The van der Waals surface area contributed by atoms with E-state index in [4.69, 9.17) is 0 Å². The zero-order valence-electron chi connectivity index (χ0n) is 12.7. The maximum atomic E-state index is 12.0. The van der Waals surface area contributed by atoms with E-state index in [2.05, 4.69) is 20.5 Å². The van der Waals surface area contributed by atoms with Gasteiger partial charge in [-0.05, 0) is 27.7 Å². The highest BCUT2D eigenvalue weighted by atomic mass is 32.2. The van der Waals surface area contributed by atoms with Crippen LogP contribution in [0.1, 0.15) is 27.7 Å². The monoisotopic (exact) mass is 304 g/mol. The lowest BCUT2D eigenvalue weighted by Gasteiger charge is -2.22. The van der Waals surface area contributed by atoms with Gasteiger partial charge >= 0.3 is 0 Å². The molecule has 1 atom stereocenters. The molecule has 0 radical (unpaired) electrons. The van der Waals surface area contributed by atoms with E-state index < -0.39 is 0 Å². The van der Waals surface area contributed by atoms with Gasteiger partial charge in [0.25, 0.3) is 0 Å². The molecule has 1 aromatic heterocycles. The second-order valence-electron chi connectivity index (χ2n) is 5.83. The van der Waals surface area contributed by atoms with Crippen LogP contribution in [-0.2, 0) is 4.79 Å². The number of carbonyl (C=O) groups excluding carboxylic acids is 1. The average molecular weight is 304 g/mol. The van der Waals surface area contributed by atoms with Crippen LogP contribution >= 0.6 is 11.8 Å². The Balaban J connectivity index is 2.01. The first kappa shape index (κ1) is 15.6. The van der Waals surface area contributed by atoms with Crippen molar-refractivity contribution in [3.8, 4) is 11.4 Å². The van der Waals surface area contributed by atoms with Crippen molar-refractivity contribution in [2.75, 3.05) is 0 Å². The third-order valence-electron chi connectivity index (χ3n) is 2.66. The fourth-order valence-corrected chi connectivity index (χ4v) is 2.43. The zero-order chi connectivity index (χ0) is 15.5. The number of H-pyrrole nitrogens is 1. The number of amides is 1. The molecule has 0 spiro atoms. The maximum Gasteiger partial charge on any atom is 0.233 e. The number of hydrogen-bond donors (Lipinski definition) is 2. The Morgan fingerprint density at radius 1 is 1.29 bits per heavy atom. The van der Waals surface area contributed by atoms with Gasteiger partial charge in [0.15, 0.2) is 5.82 Å². The Morgan fingerprint density at radius 3 is 2.57 bits per heavy atom. The van der Waals surface area contributed by atoms with Crippen LogP contribution in [-0.4, -0.2) is 31.9 Å². The molecule has 0 unspecified atom stereocenters. The first-order valence-corrected chi connectivity index (χ1v) is 7.69. The minimum atomic E-state index is -0.247. The summed E-state index contributed by atoms with van der Waals surface area (Å²) in [5.74, 6) is 0.695. The van der Waals surface area contributed by atoms with Crippen molar-refractivity contribution in [3.63, 3.8) is 0 Å². The first-order valence-electron chi connectivity index (χ1n) is 6.82. The van der Waals surface area contributed by atoms with Gasteiger partial charge in [-0.2, -0.15) is 0 Å². The van der Waals surface area contributed by atoms with Gasteiger partial charge in [-0.25, -0.2) is 4.98 Å². The van der Waals surface area contributed by atoms with E-state index in [1.807, 2.05) is 58.0 Å². The first-order chi connectivity index (χ1) is 9.85. The summed E-state index contributed by atoms with van der Waals surface area (Å²) in [7, 11) is 0. The Bertz CT molecular complexity index is 604. The second kappa shape index (κ2) is 6.30. The van der Waals surface area contributed by atoms with Crippen molar-refractivity contribution >= 4 is 17.7 Å². The number of nitrogens with zero attached hydrogens (tertiary/aromatic N) is 2. The van der Waals surface area contributed by atoms with Crippen LogP contribution in [0.4, 0.5) is 0 Å². The highest BCUT2D eigenvalue weighted by molar-refractivity contribution is 8.00. The molecule has 6 heteroatoms. The summed E-state index contributed by atoms with van der Waals surface area (Å²) >= 11 is 1.34. The molecule has 2 rings (SSSR count). The van der Waals surface area contributed by atoms with Gasteiger partial charge in [0.05, 0.1) is 5.25 Å². The van der Waals surface area contributed by atoms with Crippen LogP contribution in [0.15, 0.2) is 35.5 Å². The van der Waals surface area contributed by atoms with Crippen LogP contribution < -0.4 is 5.32 Å². The fraction of sp³-hybridized carbons (Fsp3) is 0.400. The third-order valence-corrected chi connectivity index (χ3v) is 3.62. The van der Waals surface area contributed by atoms with Crippen molar-refractivity contribution in [2.24, 2.45) is 0 Å². The number of thioether (sulfide) groups is 1. The normalized spacial score (nSPS) is 13.0. The van der Waals surface area contributed by atoms with Crippen molar-refractivity contribution in [1.29, 1.82) is 0 Å². The number of aromatic amines is 1. The number of nitrogens with one attached hydrogen (secondary N) is 2. The van der Waals surface area contributed by atoms with E-state index in [0.717, 1.165) is 5.56 Å². The number of benzene rings is 1. The second-order valence-corrected chi connectivity index (χ2v) is 7.14. The molecule has 21 heavy (non-hydrogen) atoms. The maximum absolute atomic E-state index is 12.0. The lowest BCUT2D eigenvalue weighted by molar-refractivity contribution is -0.121. The Hall–Kier alpha value is -1.82. The number of aromatic nitrogens is 3. The molecule has 2 aromatic rings. The van der Waals surface area contributed by atoms with Crippen LogP contribution in [0.25, 0.3) is 11.4 Å². The van der Waals surface area contributed by atoms with Crippen molar-refractivity contribution in [2.45, 2.75) is 43.6 Å². The van der Waals surface area contributed by atoms with E-state index in [0.29, 0.717) is 11.0 Å². The van der Waals surface area contributed by atoms with Gasteiger partial charge in [-0.3, -0.25) is 9.89 Å². The standard InChI is InChI=1S/C15H20N4OS/c1-10(13(20)17-15(2,3)4)21-14-16-12(18-19-14)11-8-6-5-7-9-11/h5-10H,1-4H3,(H,17,20)(H,16,18,19)/t10-/m0/s1. The lowest BCUT2D eigenvalue weighted by Crippen LogP contribution is -2.44. The predicted octanol–water partition coefficient (Wildman–Crippen LogP) is 2.87. The molecule has 0 fully saturated rings. The van der Waals surface area contributed by atoms with Gasteiger partial charge in [-0.15, -0.1) is 5.10 Å². The van der Waals surface area contributed by atoms with E-state index >= 15 is 0 Å². The summed E-state index contributed by atoms with van der Waals surface area (Å²) in [6, 6.07) is 9.78. The van der Waals surface area contributed by atoms with Gasteiger partial charge < -0.3 is 5.32 Å². The van der Waals surface area contributed by atoms with Crippen LogP contribution in [0.5, 0.6) is 0 Å². The molecule has 0 bridgehead atoms. The van der Waals surface area contributed by atoms with Gasteiger partial charge in [0, 0.05) is 11.1 Å². The molecule has 2 N–H and O–H groups in total. The minimum Gasteiger partial charge on any atom is -0.351 e. The van der Waals surface area contributed by atoms with Crippen molar-refractivity contribution in [1.82, 2.24) is 20.5 Å². The highest BCUT2D eigenvalue weighted by Crippen LogP contribution is 2.22. The van der Waals surface area contributed by atoms with Crippen molar-refractivity contribution < 1.29 is 4.79 Å². The molecule has 0 aliphatic heterocycles. The number of hydrogen-bond acceptors (Lipinski definition) is 4. The Morgan fingerprint density at radius 2 is 1.95 bits per heavy atom. The van der Waals surface area contributed by atoms with E-state index in [1.165, 1.54) is 11.8 Å². The largest absolute Gasteiger partial charge is 0.351 e. The Labute approximate surface area is 128 Å². The van der Waals surface area contributed by atoms with Gasteiger partial charge in [0.1, 0.15) is 0 Å². The lowest BCUT2D eigenvalue weighted by atomic mass is 10.1. The molecule has 1 amide bonds. The summed E-state index contributed by atoms with van der Waals surface area (Å²) in [6.45, 7) is 7.73. The van der Waals surface area contributed by atoms with E-state index in [-0.39, 0.29) is 16.7 Å². The number of carbonyl (C=O) groups is 1. The molecule has 0 saturated heterocycles. The quantitative estimate of drug-likeness (QED) is 0.852. The highest BCUT2D eigenvalue weighted by Gasteiger charge is 2.21. The minimum absolute atomic E-state index is 0.0152. The molecule has 0 aliphatic carbocycles. The van der Waals surface area contributed by atoms with Gasteiger partial charge in [-0.1, -0.05) is 42.1 Å². The SMILES string of the molecule is C[C@H](Sc1n[nH]c(-c2ccccc2)n1)C(=O)NC(C)(C)C. The van der Waals surface area contributed by atoms with Gasteiger partial charge in [0.2, 0.25) is 11.1 Å². The summed E-state index contributed by atoms with van der Waals surface area (Å²) in [5.41, 5.74) is 0.740. The molecular formula is C15H20N4OS. The smallest absolute Gasteiger partial charge is 0.233 e. The Kier molecular flexibility index (Phi) is 4.67. The van der Waals surface area contributed by atoms with Crippen molar-refractivity contribution in [3.05, 3.63) is 30.3 Å². The predicted molar refractivity (Wildman–Crippen MR) is 85.0 cm³/mol.